The van der Waals surface area contributed by atoms with E-state index in [0.29, 0.717) is 5.82 Å². The van der Waals surface area contributed by atoms with Gasteiger partial charge in [0.25, 0.3) is 5.56 Å². The number of hydrogen-bond acceptors (Lipinski definition) is 3. The predicted molar refractivity (Wildman–Crippen MR) is 85.3 cm³/mol. The van der Waals surface area contributed by atoms with Gasteiger partial charge in [-0.25, -0.2) is 9.67 Å². The lowest BCUT2D eigenvalue weighted by Gasteiger charge is -2.36. The van der Waals surface area contributed by atoms with Crippen LogP contribution in [0.15, 0.2) is 29.2 Å². The highest BCUT2D eigenvalue weighted by Gasteiger charge is 2.32. The Hall–Kier alpha value is -1.88. The molecule has 1 aliphatic heterocycles. The van der Waals surface area contributed by atoms with Crippen LogP contribution in [0.25, 0.3) is 5.82 Å². The Bertz CT molecular complexity index is 697. The van der Waals surface area contributed by atoms with Crippen molar-refractivity contribution in [3.63, 3.8) is 0 Å². The SMILES string of the molecule is O=c1c2c([nH]n1-c1ccccn1)CCCC2N1CCCCC1. The molecule has 1 N–H and O–H groups in total. The van der Waals surface area contributed by atoms with Crippen molar-refractivity contribution in [2.45, 2.75) is 44.6 Å². The van der Waals surface area contributed by atoms with Crippen molar-refractivity contribution < 1.29 is 0 Å². The van der Waals surface area contributed by atoms with Crippen LogP contribution >= 0.6 is 0 Å². The number of fused-ring (bicyclic) bond motifs is 1. The molecular weight excluding hydrogens is 276 g/mol. The van der Waals surface area contributed by atoms with E-state index < -0.39 is 0 Å². The summed E-state index contributed by atoms with van der Waals surface area (Å²) in [5, 5.41) is 3.30. The average molecular weight is 298 g/mol. The molecule has 3 heterocycles. The van der Waals surface area contributed by atoms with Crippen molar-refractivity contribution in [1.82, 2.24) is 19.7 Å². The van der Waals surface area contributed by atoms with Gasteiger partial charge in [-0.15, -0.1) is 0 Å². The summed E-state index contributed by atoms with van der Waals surface area (Å²) in [5.74, 6) is 0.680. The number of nitrogens with one attached hydrogen (secondary N) is 1. The van der Waals surface area contributed by atoms with E-state index in [0.717, 1.165) is 43.6 Å². The van der Waals surface area contributed by atoms with E-state index in [1.807, 2.05) is 18.2 Å². The van der Waals surface area contributed by atoms with Gasteiger partial charge in [-0.3, -0.25) is 14.8 Å². The molecule has 2 aliphatic rings. The van der Waals surface area contributed by atoms with Crippen molar-refractivity contribution in [2.75, 3.05) is 13.1 Å². The molecule has 0 radical (unpaired) electrons. The van der Waals surface area contributed by atoms with Crippen molar-refractivity contribution in [2.24, 2.45) is 0 Å². The molecule has 2 aromatic heterocycles. The zero-order valence-corrected chi connectivity index (χ0v) is 12.8. The third kappa shape index (κ3) is 2.29. The number of aryl methyl sites for hydroxylation is 1. The molecule has 0 bridgehead atoms. The highest BCUT2D eigenvalue weighted by Crippen LogP contribution is 2.33. The Balaban J connectivity index is 1.75. The molecule has 1 atom stereocenters. The maximum atomic E-state index is 12.9. The van der Waals surface area contributed by atoms with Gasteiger partial charge in [0.2, 0.25) is 0 Å². The minimum Gasteiger partial charge on any atom is -0.296 e. The van der Waals surface area contributed by atoms with Crippen LogP contribution in [-0.4, -0.2) is 32.8 Å². The molecule has 1 saturated heterocycles. The number of piperidine rings is 1. The molecule has 5 heteroatoms. The first-order valence-electron chi connectivity index (χ1n) is 8.34. The lowest BCUT2D eigenvalue weighted by Crippen LogP contribution is -2.37. The average Bonchev–Trinajstić information content (AvgIpc) is 2.94. The summed E-state index contributed by atoms with van der Waals surface area (Å²) < 4.78 is 1.62. The summed E-state index contributed by atoms with van der Waals surface area (Å²) in [4.78, 5) is 19.8. The zero-order chi connectivity index (χ0) is 14.9. The van der Waals surface area contributed by atoms with E-state index in [2.05, 4.69) is 15.0 Å². The summed E-state index contributed by atoms with van der Waals surface area (Å²) >= 11 is 0. The maximum Gasteiger partial charge on any atom is 0.277 e. The summed E-state index contributed by atoms with van der Waals surface area (Å²) in [7, 11) is 0. The van der Waals surface area contributed by atoms with Crippen molar-refractivity contribution in [1.29, 1.82) is 0 Å². The Morgan fingerprint density at radius 3 is 2.77 bits per heavy atom. The third-order valence-electron chi connectivity index (χ3n) is 4.95. The molecular formula is C17H22N4O. The Kier molecular flexibility index (Phi) is 3.58. The van der Waals surface area contributed by atoms with Gasteiger partial charge in [-0.05, 0) is 57.3 Å². The Labute approximate surface area is 130 Å². The molecule has 1 fully saturated rings. The maximum absolute atomic E-state index is 12.9. The van der Waals surface area contributed by atoms with E-state index in [9.17, 15) is 4.79 Å². The summed E-state index contributed by atoms with van der Waals surface area (Å²) in [5.41, 5.74) is 2.18. The van der Waals surface area contributed by atoms with Crippen LogP contribution in [0.2, 0.25) is 0 Å². The van der Waals surface area contributed by atoms with Crippen LogP contribution < -0.4 is 5.56 Å². The number of rotatable bonds is 2. The van der Waals surface area contributed by atoms with Gasteiger partial charge in [0.1, 0.15) is 0 Å². The van der Waals surface area contributed by atoms with Gasteiger partial charge >= 0.3 is 0 Å². The Morgan fingerprint density at radius 2 is 2.00 bits per heavy atom. The van der Waals surface area contributed by atoms with Gasteiger partial charge in [0, 0.05) is 17.9 Å². The van der Waals surface area contributed by atoms with Crippen molar-refractivity contribution in [3.8, 4) is 5.82 Å². The largest absolute Gasteiger partial charge is 0.296 e. The smallest absolute Gasteiger partial charge is 0.277 e. The van der Waals surface area contributed by atoms with E-state index in [-0.39, 0.29) is 11.6 Å². The summed E-state index contributed by atoms with van der Waals surface area (Å²) in [6, 6.07) is 5.95. The molecule has 1 unspecified atom stereocenters. The molecule has 1 aliphatic carbocycles. The van der Waals surface area contributed by atoms with Crippen LogP contribution in [0.1, 0.15) is 49.4 Å². The van der Waals surface area contributed by atoms with Gasteiger partial charge in [0.15, 0.2) is 5.82 Å². The second-order valence-corrected chi connectivity index (χ2v) is 6.34. The first-order chi connectivity index (χ1) is 10.8. The molecule has 116 valence electrons. The standard InChI is InChI=1S/C17H22N4O/c22-17-16-13(19-21(17)15-9-2-3-10-18-15)7-6-8-14(16)20-11-4-1-5-12-20/h2-3,9-10,14,19H,1,4-8,11-12H2. The summed E-state index contributed by atoms with van der Waals surface area (Å²) in [6.45, 7) is 2.25. The second-order valence-electron chi connectivity index (χ2n) is 6.34. The first kappa shape index (κ1) is 13.8. The highest BCUT2D eigenvalue weighted by atomic mass is 16.1. The van der Waals surface area contributed by atoms with Crippen LogP contribution in [0.3, 0.4) is 0 Å². The topological polar surface area (TPSA) is 53.9 Å². The molecule has 0 aromatic carbocycles. The molecule has 22 heavy (non-hydrogen) atoms. The fraction of sp³-hybridized carbons (Fsp3) is 0.529. The quantitative estimate of drug-likeness (QED) is 0.926. The molecule has 0 spiro atoms. The van der Waals surface area contributed by atoms with E-state index >= 15 is 0 Å². The van der Waals surface area contributed by atoms with E-state index in [1.165, 1.54) is 19.3 Å². The highest BCUT2D eigenvalue weighted by molar-refractivity contribution is 5.30. The second kappa shape index (κ2) is 5.72. The lowest BCUT2D eigenvalue weighted by molar-refractivity contribution is 0.148. The number of H-pyrrole nitrogens is 1. The van der Waals surface area contributed by atoms with Gasteiger partial charge in [0.05, 0.1) is 5.56 Å². The Morgan fingerprint density at radius 1 is 1.14 bits per heavy atom. The molecule has 5 nitrogen and oxygen atoms in total. The molecule has 0 amide bonds. The van der Waals surface area contributed by atoms with Crippen LogP contribution in [0.4, 0.5) is 0 Å². The fourth-order valence-electron chi connectivity index (χ4n) is 3.89. The predicted octanol–water partition coefficient (Wildman–Crippen LogP) is 2.42. The number of hydrogen-bond donors (Lipinski definition) is 1. The fourth-order valence-corrected chi connectivity index (χ4v) is 3.89. The van der Waals surface area contributed by atoms with Crippen LogP contribution in [-0.2, 0) is 6.42 Å². The number of aromatic nitrogens is 3. The number of aromatic amines is 1. The van der Waals surface area contributed by atoms with Gasteiger partial charge in [-0.2, -0.15) is 0 Å². The minimum atomic E-state index is 0.0870. The van der Waals surface area contributed by atoms with Crippen LogP contribution in [0, 0.1) is 0 Å². The summed E-state index contributed by atoms with van der Waals surface area (Å²) in [6.07, 6.45) is 8.77. The number of nitrogens with zero attached hydrogens (tertiary/aromatic N) is 3. The van der Waals surface area contributed by atoms with Crippen molar-refractivity contribution >= 4 is 0 Å². The minimum absolute atomic E-state index is 0.0870. The molecule has 4 rings (SSSR count). The van der Waals surface area contributed by atoms with Gasteiger partial charge < -0.3 is 0 Å². The van der Waals surface area contributed by atoms with E-state index in [4.69, 9.17) is 0 Å². The zero-order valence-electron chi connectivity index (χ0n) is 12.8. The van der Waals surface area contributed by atoms with Gasteiger partial charge in [-0.1, -0.05) is 12.5 Å². The van der Waals surface area contributed by atoms with Crippen LogP contribution in [0.5, 0.6) is 0 Å². The monoisotopic (exact) mass is 298 g/mol. The normalized spacial score (nSPS) is 22.5. The third-order valence-corrected chi connectivity index (χ3v) is 4.95. The molecule has 0 saturated carbocycles. The van der Waals surface area contributed by atoms with E-state index in [1.54, 1.807) is 10.9 Å². The first-order valence-corrected chi connectivity index (χ1v) is 8.34. The molecule has 2 aromatic rings. The number of pyridine rings is 1. The number of likely N-dealkylation sites (tertiary alicyclic amines) is 1. The lowest BCUT2D eigenvalue weighted by atomic mass is 9.90. The van der Waals surface area contributed by atoms with Crippen molar-refractivity contribution in [3.05, 3.63) is 46.0 Å².